The third kappa shape index (κ3) is 5.40. The Morgan fingerprint density at radius 2 is 1.82 bits per heavy atom. The molecule has 3 N–H and O–H groups in total. The molecule has 0 saturated carbocycles. The number of halogens is 6. The first-order valence-electron chi connectivity index (χ1n) is 11.3. The second-order valence-corrected chi connectivity index (χ2v) is 9.85. The predicted octanol–water partition coefficient (Wildman–Crippen LogP) is 5.62. The number of amides is 3. The maximum atomic E-state index is 14.2. The molecule has 4 aromatic rings. The van der Waals surface area contributed by atoms with Crippen molar-refractivity contribution in [2.45, 2.75) is 18.8 Å². The van der Waals surface area contributed by atoms with E-state index in [1.807, 2.05) is 0 Å². The minimum absolute atomic E-state index is 0.0485. The molecule has 1 unspecified atom stereocenters. The van der Waals surface area contributed by atoms with Crippen LogP contribution in [0.4, 0.5) is 32.8 Å². The second kappa shape index (κ2) is 10.4. The zero-order valence-electron chi connectivity index (χ0n) is 19.8. The number of carbonyl (C=O) groups excluding carboxylic acids is 3. The fourth-order valence-electron chi connectivity index (χ4n) is 4.24. The second-order valence-electron chi connectivity index (χ2n) is 8.55. The zero-order chi connectivity index (χ0) is 28.8. The fourth-order valence-corrected chi connectivity index (χ4v) is 4.99. The highest BCUT2D eigenvalue weighted by Gasteiger charge is 2.36. The summed E-state index contributed by atoms with van der Waals surface area (Å²) in [6, 6.07) is 4.74. The number of alkyl halides is 3. The van der Waals surface area contributed by atoms with Crippen molar-refractivity contribution in [2.75, 3.05) is 10.6 Å². The molecule has 0 bridgehead atoms. The van der Waals surface area contributed by atoms with Crippen LogP contribution >= 0.6 is 22.9 Å². The first-order valence-corrected chi connectivity index (χ1v) is 12.5. The van der Waals surface area contributed by atoms with Gasteiger partial charge in [0.05, 0.1) is 23.0 Å². The number of rotatable bonds is 5. The number of hydrogen-bond acceptors (Lipinski definition) is 5. The summed E-state index contributed by atoms with van der Waals surface area (Å²) in [6.45, 7) is -0.395. The standard InChI is InChI=1S/C25H15ClF5N5O3S/c26-16-2-1-13(27)8-15(16)20-21-17(33-22(38)11-5-12(25(29,30)31)7-14(28)6-11)9-18(36(21)10-19(37)34-20)23(39)35-24-32-3-4-40-24/h1-9,20H,10H2,(H,33,38)(H,34,37)(H,32,35,39). The number of nitrogens with zero attached hydrogens (tertiary/aromatic N) is 2. The molecule has 1 aliphatic rings. The third-order valence-corrected chi connectivity index (χ3v) is 6.94. The van der Waals surface area contributed by atoms with Gasteiger partial charge in [0, 0.05) is 27.7 Å². The number of nitrogens with one attached hydrogen (secondary N) is 3. The van der Waals surface area contributed by atoms with E-state index in [1.54, 1.807) is 5.38 Å². The highest BCUT2D eigenvalue weighted by molar-refractivity contribution is 7.13. The van der Waals surface area contributed by atoms with Crippen LogP contribution in [0.2, 0.25) is 5.02 Å². The zero-order valence-corrected chi connectivity index (χ0v) is 21.3. The monoisotopic (exact) mass is 595 g/mol. The Morgan fingerprint density at radius 3 is 2.52 bits per heavy atom. The maximum Gasteiger partial charge on any atom is 0.416 e. The molecule has 1 atom stereocenters. The van der Waals surface area contributed by atoms with Crippen LogP contribution in [0, 0.1) is 11.6 Å². The smallest absolute Gasteiger partial charge is 0.342 e. The highest BCUT2D eigenvalue weighted by Crippen LogP contribution is 2.38. The van der Waals surface area contributed by atoms with Gasteiger partial charge in [0.15, 0.2) is 5.13 Å². The predicted molar refractivity (Wildman–Crippen MR) is 135 cm³/mol. The lowest BCUT2D eigenvalue weighted by Gasteiger charge is -2.29. The Kier molecular flexibility index (Phi) is 7.06. The van der Waals surface area contributed by atoms with E-state index in [-0.39, 0.29) is 38.9 Å². The summed E-state index contributed by atoms with van der Waals surface area (Å²) in [6.07, 6.45) is -3.47. The molecule has 2 aromatic carbocycles. The summed E-state index contributed by atoms with van der Waals surface area (Å²) >= 11 is 7.41. The van der Waals surface area contributed by atoms with Crippen molar-refractivity contribution < 1.29 is 36.3 Å². The van der Waals surface area contributed by atoms with Crippen molar-refractivity contribution in [1.29, 1.82) is 0 Å². The van der Waals surface area contributed by atoms with Gasteiger partial charge in [0.25, 0.3) is 11.8 Å². The summed E-state index contributed by atoms with van der Waals surface area (Å²) < 4.78 is 69.1. The summed E-state index contributed by atoms with van der Waals surface area (Å²) in [5.41, 5.74) is -2.10. The first kappa shape index (κ1) is 27.3. The number of aromatic nitrogens is 2. The summed E-state index contributed by atoms with van der Waals surface area (Å²) in [5, 5.41) is 9.47. The number of carbonyl (C=O) groups is 3. The molecule has 5 rings (SSSR count). The van der Waals surface area contributed by atoms with Crippen molar-refractivity contribution in [2.24, 2.45) is 0 Å². The van der Waals surface area contributed by atoms with E-state index in [2.05, 4.69) is 20.9 Å². The lowest BCUT2D eigenvalue weighted by molar-refractivity contribution is -0.137. The van der Waals surface area contributed by atoms with Crippen molar-refractivity contribution in [3.05, 3.63) is 98.8 Å². The third-order valence-electron chi connectivity index (χ3n) is 5.91. The minimum atomic E-state index is -4.92. The van der Waals surface area contributed by atoms with E-state index in [9.17, 15) is 36.3 Å². The van der Waals surface area contributed by atoms with Crippen LogP contribution in [0.3, 0.4) is 0 Å². The van der Waals surface area contributed by atoms with Gasteiger partial charge in [-0.05, 0) is 42.5 Å². The molecule has 206 valence electrons. The molecule has 2 aromatic heterocycles. The van der Waals surface area contributed by atoms with Crippen molar-refractivity contribution in [3.63, 3.8) is 0 Å². The van der Waals surface area contributed by atoms with Gasteiger partial charge in [0.1, 0.15) is 23.9 Å². The number of fused-ring (bicyclic) bond motifs is 1. The van der Waals surface area contributed by atoms with Crippen LogP contribution in [0.15, 0.2) is 54.0 Å². The van der Waals surface area contributed by atoms with Gasteiger partial charge in [-0.25, -0.2) is 13.8 Å². The molecule has 8 nitrogen and oxygen atoms in total. The quantitative estimate of drug-likeness (QED) is 0.261. The molecule has 1 aliphatic heterocycles. The molecule has 0 radical (unpaired) electrons. The van der Waals surface area contributed by atoms with E-state index in [0.717, 1.165) is 23.5 Å². The molecule has 0 saturated heterocycles. The average molecular weight is 596 g/mol. The fraction of sp³-hybridized carbons (Fsp3) is 0.120. The maximum absolute atomic E-state index is 14.2. The van der Waals surface area contributed by atoms with Gasteiger partial charge in [-0.3, -0.25) is 19.7 Å². The molecular weight excluding hydrogens is 581 g/mol. The van der Waals surface area contributed by atoms with Crippen molar-refractivity contribution in [1.82, 2.24) is 14.9 Å². The van der Waals surface area contributed by atoms with Crippen LogP contribution in [0.25, 0.3) is 0 Å². The normalized spacial score (nSPS) is 14.8. The van der Waals surface area contributed by atoms with E-state index in [0.29, 0.717) is 12.1 Å². The summed E-state index contributed by atoms with van der Waals surface area (Å²) in [7, 11) is 0. The number of hydrogen-bond donors (Lipinski definition) is 3. The Labute approximate surface area is 230 Å². The molecule has 0 fully saturated rings. The first-order chi connectivity index (χ1) is 18.9. The summed E-state index contributed by atoms with van der Waals surface area (Å²) in [5.74, 6) is -4.41. The van der Waals surface area contributed by atoms with Crippen LogP contribution in [0.5, 0.6) is 0 Å². The Bertz CT molecular complexity index is 1660. The van der Waals surface area contributed by atoms with Gasteiger partial charge >= 0.3 is 6.18 Å². The lowest BCUT2D eigenvalue weighted by Crippen LogP contribution is -2.40. The molecule has 0 aliphatic carbocycles. The lowest BCUT2D eigenvalue weighted by atomic mass is 10.0. The van der Waals surface area contributed by atoms with Crippen LogP contribution in [-0.4, -0.2) is 27.3 Å². The summed E-state index contributed by atoms with van der Waals surface area (Å²) in [4.78, 5) is 42.9. The Balaban J connectivity index is 1.62. The van der Waals surface area contributed by atoms with Gasteiger partial charge in [0.2, 0.25) is 5.91 Å². The largest absolute Gasteiger partial charge is 0.416 e. The van der Waals surface area contributed by atoms with Crippen LogP contribution in [-0.2, 0) is 17.5 Å². The van der Waals surface area contributed by atoms with Gasteiger partial charge in [-0.15, -0.1) is 11.3 Å². The highest BCUT2D eigenvalue weighted by atomic mass is 35.5. The van der Waals surface area contributed by atoms with E-state index in [4.69, 9.17) is 11.6 Å². The Hall–Kier alpha value is -4.30. The molecular formula is C25H15ClF5N5O3S. The van der Waals surface area contributed by atoms with E-state index >= 15 is 0 Å². The number of thiazole rings is 1. The molecule has 0 spiro atoms. The Morgan fingerprint density at radius 1 is 1.05 bits per heavy atom. The molecule has 40 heavy (non-hydrogen) atoms. The van der Waals surface area contributed by atoms with E-state index < -0.39 is 59.2 Å². The number of benzene rings is 2. The number of anilines is 2. The van der Waals surface area contributed by atoms with Crippen molar-refractivity contribution in [3.8, 4) is 0 Å². The topological polar surface area (TPSA) is 105 Å². The van der Waals surface area contributed by atoms with Gasteiger partial charge in [-0.2, -0.15) is 13.2 Å². The van der Waals surface area contributed by atoms with Crippen LogP contribution in [0.1, 0.15) is 43.7 Å². The van der Waals surface area contributed by atoms with Crippen LogP contribution < -0.4 is 16.0 Å². The van der Waals surface area contributed by atoms with Crippen molar-refractivity contribution >= 4 is 51.5 Å². The van der Waals surface area contributed by atoms with E-state index in [1.165, 1.54) is 22.9 Å². The minimum Gasteiger partial charge on any atom is -0.342 e. The van der Waals surface area contributed by atoms with Gasteiger partial charge < -0.3 is 15.2 Å². The van der Waals surface area contributed by atoms with Gasteiger partial charge in [-0.1, -0.05) is 11.6 Å². The molecule has 15 heteroatoms. The molecule has 3 amide bonds. The molecule has 3 heterocycles. The average Bonchev–Trinajstić information content (AvgIpc) is 3.52. The SMILES string of the molecule is O=C1Cn2c(C(=O)Nc3nccs3)cc(NC(=O)c3cc(F)cc(C(F)(F)F)c3)c2C(c2cc(F)ccc2Cl)N1.